The smallest absolute Gasteiger partial charge is 0.335 e. The molecule has 128 valence electrons. The maximum absolute atomic E-state index is 12.7. The van der Waals surface area contributed by atoms with Crippen molar-refractivity contribution in [3.05, 3.63) is 70.7 Å². The van der Waals surface area contributed by atoms with Gasteiger partial charge in [-0.15, -0.1) is 0 Å². The Morgan fingerprint density at radius 1 is 1.20 bits per heavy atom. The normalized spacial score (nSPS) is 10.8. The fourth-order valence-corrected chi connectivity index (χ4v) is 2.71. The van der Waals surface area contributed by atoms with Crippen molar-refractivity contribution in [1.29, 1.82) is 0 Å². The van der Waals surface area contributed by atoms with E-state index in [1.165, 1.54) is 12.1 Å². The molecule has 25 heavy (non-hydrogen) atoms. The number of aromatic carboxylic acids is 1. The van der Waals surface area contributed by atoms with Gasteiger partial charge in [-0.3, -0.25) is 9.20 Å². The highest BCUT2D eigenvalue weighted by Crippen LogP contribution is 2.15. The molecule has 1 aromatic carbocycles. The van der Waals surface area contributed by atoms with E-state index in [0.29, 0.717) is 18.7 Å². The molecule has 0 aliphatic rings. The fraction of sp³-hybridized carbons (Fsp3) is 0.211. The molecule has 2 aromatic heterocycles. The molecule has 0 spiro atoms. The lowest BCUT2D eigenvalue weighted by Gasteiger charge is -2.07. The van der Waals surface area contributed by atoms with Crippen molar-refractivity contribution in [2.24, 2.45) is 0 Å². The quantitative estimate of drug-likeness (QED) is 0.750. The van der Waals surface area contributed by atoms with Gasteiger partial charge in [0.05, 0.1) is 11.3 Å². The average molecular weight is 337 g/mol. The Morgan fingerprint density at radius 3 is 2.56 bits per heavy atom. The topological polar surface area (TPSA) is 83.7 Å². The van der Waals surface area contributed by atoms with Crippen LogP contribution in [0.25, 0.3) is 5.65 Å². The molecule has 3 aromatic rings. The molecule has 0 aliphatic heterocycles. The predicted octanol–water partition coefficient (Wildman–Crippen LogP) is 2.83. The summed E-state index contributed by atoms with van der Waals surface area (Å²) >= 11 is 0. The third-order valence-electron chi connectivity index (χ3n) is 4.06. The number of carboxylic acid groups (broad SMARTS) is 1. The third kappa shape index (κ3) is 3.38. The lowest BCUT2D eigenvalue weighted by atomic mass is 10.1. The Bertz CT molecular complexity index is 942. The van der Waals surface area contributed by atoms with E-state index in [-0.39, 0.29) is 11.5 Å². The number of nitrogens with zero attached hydrogens (tertiary/aromatic N) is 2. The summed E-state index contributed by atoms with van der Waals surface area (Å²) in [6, 6.07) is 10.3. The zero-order valence-corrected chi connectivity index (χ0v) is 14.1. The number of carboxylic acids is 1. The van der Waals surface area contributed by atoms with Crippen LogP contribution in [0.15, 0.2) is 42.6 Å². The van der Waals surface area contributed by atoms with Gasteiger partial charge in [0.1, 0.15) is 11.3 Å². The first-order valence-electron chi connectivity index (χ1n) is 8.07. The number of amides is 1. The van der Waals surface area contributed by atoms with Gasteiger partial charge in [-0.1, -0.05) is 19.1 Å². The van der Waals surface area contributed by atoms with Gasteiger partial charge in [0.2, 0.25) is 0 Å². The SMILES string of the molecule is CCc1nc2cc(C)ccn2c1C(=O)NCc1ccc(C(=O)O)cc1. The van der Waals surface area contributed by atoms with Crippen LogP contribution in [0, 0.1) is 6.92 Å². The van der Waals surface area contributed by atoms with Crippen LogP contribution in [-0.2, 0) is 13.0 Å². The van der Waals surface area contributed by atoms with Gasteiger partial charge in [-0.05, 0) is 48.7 Å². The van der Waals surface area contributed by atoms with Gasteiger partial charge in [-0.2, -0.15) is 0 Å². The molecule has 2 heterocycles. The Hall–Kier alpha value is -3.15. The average Bonchev–Trinajstić information content (AvgIpc) is 2.97. The largest absolute Gasteiger partial charge is 0.478 e. The Labute approximate surface area is 145 Å². The van der Waals surface area contributed by atoms with Crippen LogP contribution in [-0.4, -0.2) is 26.4 Å². The van der Waals surface area contributed by atoms with Crippen LogP contribution in [0.1, 0.15) is 44.6 Å². The molecule has 0 aliphatic carbocycles. The lowest BCUT2D eigenvalue weighted by molar-refractivity contribution is 0.0696. The molecule has 2 N–H and O–H groups in total. The standard InChI is InChI=1S/C19H19N3O3/c1-3-15-17(22-9-8-12(2)10-16(22)21-15)18(23)20-11-13-4-6-14(7-5-13)19(24)25/h4-10H,3,11H2,1-2H3,(H,20,23)(H,24,25). The van der Waals surface area contributed by atoms with E-state index in [4.69, 9.17) is 5.11 Å². The number of aromatic nitrogens is 2. The summed E-state index contributed by atoms with van der Waals surface area (Å²) in [5.41, 5.74) is 4.20. The molecule has 3 rings (SSSR count). The second-order valence-corrected chi connectivity index (χ2v) is 5.88. The number of nitrogens with one attached hydrogen (secondary N) is 1. The molecular weight excluding hydrogens is 318 g/mol. The molecule has 0 saturated heterocycles. The van der Waals surface area contributed by atoms with E-state index in [2.05, 4.69) is 10.3 Å². The minimum Gasteiger partial charge on any atom is -0.478 e. The van der Waals surface area contributed by atoms with Crippen LogP contribution in [0.3, 0.4) is 0 Å². The second kappa shape index (κ2) is 6.76. The summed E-state index contributed by atoms with van der Waals surface area (Å²) in [6.45, 7) is 4.28. The molecular formula is C19H19N3O3. The summed E-state index contributed by atoms with van der Waals surface area (Å²) in [7, 11) is 0. The number of aryl methyl sites for hydroxylation is 2. The van der Waals surface area contributed by atoms with Crippen molar-refractivity contribution in [2.75, 3.05) is 0 Å². The van der Waals surface area contributed by atoms with Crippen LogP contribution < -0.4 is 5.32 Å². The molecule has 0 atom stereocenters. The van der Waals surface area contributed by atoms with Crippen molar-refractivity contribution >= 4 is 17.5 Å². The number of rotatable bonds is 5. The van der Waals surface area contributed by atoms with E-state index in [1.807, 2.05) is 32.2 Å². The molecule has 0 fully saturated rings. The monoisotopic (exact) mass is 337 g/mol. The highest BCUT2D eigenvalue weighted by Gasteiger charge is 2.18. The van der Waals surface area contributed by atoms with Gasteiger partial charge in [0.25, 0.3) is 5.91 Å². The number of benzene rings is 1. The van der Waals surface area contributed by atoms with E-state index in [0.717, 1.165) is 22.5 Å². The Balaban J connectivity index is 1.81. The van der Waals surface area contributed by atoms with Crippen LogP contribution in [0.2, 0.25) is 0 Å². The van der Waals surface area contributed by atoms with Gasteiger partial charge >= 0.3 is 5.97 Å². The lowest BCUT2D eigenvalue weighted by Crippen LogP contribution is -2.25. The van der Waals surface area contributed by atoms with Gasteiger partial charge in [0.15, 0.2) is 0 Å². The van der Waals surface area contributed by atoms with Crippen molar-refractivity contribution in [3.63, 3.8) is 0 Å². The highest BCUT2D eigenvalue weighted by atomic mass is 16.4. The van der Waals surface area contributed by atoms with E-state index >= 15 is 0 Å². The Morgan fingerprint density at radius 2 is 1.92 bits per heavy atom. The van der Waals surface area contributed by atoms with E-state index in [1.54, 1.807) is 16.5 Å². The number of hydrogen-bond acceptors (Lipinski definition) is 3. The third-order valence-corrected chi connectivity index (χ3v) is 4.06. The number of fused-ring (bicyclic) bond motifs is 1. The molecule has 6 nitrogen and oxygen atoms in total. The summed E-state index contributed by atoms with van der Waals surface area (Å²) in [5.74, 6) is -1.17. The molecule has 6 heteroatoms. The maximum atomic E-state index is 12.7. The molecule has 0 bridgehead atoms. The van der Waals surface area contributed by atoms with E-state index in [9.17, 15) is 9.59 Å². The molecule has 0 radical (unpaired) electrons. The molecule has 1 amide bonds. The second-order valence-electron chi connectivity index (χ2n) is 5.88. The number of pyridine rings is 1. The first kappa shape index (κ1) is 16.7. The van der Waals surface area contributed by atoms with Crippen molar-refractivity contribution in [2.45, 2.75) is 26.8 Å². The highest BCUT2D eigenvalue weighted by molar-refractivity contribution is 5.94. The Kier molecular flexibility index (Phi) is 4.52. The fourth-order valence-electron chi connectivity index (χ4n) is 2.71. The van der Waals surface area contributed by atoms with Crippen LogP contribution in [0.5, 0.6) is 0 Å². The van der Waals surface area contributed by atoms with Crippen molar-refractivity contribution in [3.8, 4) is 0 Å². The first-order chi connectivity index (χ1) is 12.0. The summed E-state index contributed by atoms with van der Waals surface area (Å²) in [5, 5.41) is 11.8. The van der Waals surface area contributed by atoms with Gasteiger partial charge < -0.3 is 10.4 Å². The number of carbonyl (C=O) groups excluding carboxylic acids is 1. The zero-order valence-electron chi connectivity index (χ0n) is 14.1. The van der Waals surface area contributed by atoms with E-state index < -0.39 is 5.97 Å². The summed E-state index contributed by atoms with van der Waals surface area (Å²) < 4.78 is 1.80. The van der Waals surface area contributed by atoms with Crippen LogP contribution in [0.4, 0.5) is 0 Å². The first-order valence-corrected chi connectivity index (χ1v) is 8.07. The van der Waals surface area contributed by atoms with Crippen molar-refractivity contribution in [1.82, 2.24) is 14.7 Å². The van der Waals surface area contributed by atoms with Crippen molar-refractivity contribution < 1.29 is 14.7 Å². The molecule has 0 unspecified atom stereocenters. The predicted molar refractivity (Wildman–Crippen MR) is 93.9 cm³/mol. The zero-order chi connectivity index (χ0) is 18.0. The number of imidazole rings is 1. The number of carbonyl (C=O) groups is 2. The van der Waals surface area contributed by atoms with Gasteiger partial charge in [0, 0.05) is 12.7 Å². The number of hydrogen-bond donors (Lipinski definition) is 2. The minimum atomic E-state index is -0.968. The summed E-state index contributed by atoms with van der Waals surface area (Å²) in [4.78, 5) is 28.1. The summed E-state index contributed by atoms with van der Waals surface area (Å²) in [6.07, 6.45) is 2.52. The maximum Gasteiger partial charge on any atom is 0.335 e. The minimum absolute atomic E-state index is 0.199. The molecule has 0 saturated carbocycles. The van der Waals surface area contributed by atoms with Crippen LogP contribution >= 0.6 is 0 Å². The van der Waals surface area contributed by atoms with Gasteiger partial charge in [-0.25, -0.2) is 9.78 Å².